The van der Waals surface area contributed by atoms with Gasteiger partial charge in [0.15, 0.2) is 0 Å². The summed E-state index contributed by atoms with van der Waals surface area (Å²) < 4.78 is 0. The van der Waals surface area contributed by atoms with Crippen molar-refractivity contribution in [1.29, 1.82) is 0 Å². The van der Waals surface area contributed by atoms with Crippen LogP contribution in [-0.4, -0.2) is 15.9 Å². The number of aryl methyl sites for hydroxylation is 1. The molecule has 0 spiro atoms. The molecule has 1 heterocycles. The molecular formula is C25H22N4O. The van der Waals surface area contributed by atoms with Crippen LogP contribution in [0.5, 0.6) is 0 Å². The summed E-state index contributed by atoms with van der Waals surface area (Å²) in [7, 11) is 0. The Morgan fingerprint density at radius 3 is 2.33 bits per heavy atom. The molecule has 1 amide bonds. The molecule has 0 aliphatic carbocycles. The van der Waals surface area contributed by atoms with Crippen LogP contribution in [-0.2, 0) is 6.54 Å². The van der Waals surface area contributed by atoms with E-state index in [1.54, 1.807) is 18.5 Å². The van der Waals surface area contributed by atoms with Crippen LogP contribution in [0.15, 0.2) is 91.3 Å². The first-order valence-corrected chi connectivity index (χ1v) is 9.76. The molecule has 4 rings (SSSR count). The van der Waals surface area contributed by atoms with Crippen LogP contribution in [0.25, 0.3) is 11.3 Å². The Labute approximate surface area is 175 Å². The monoisotopic (exact) mass is 394 g/mol. The smallest absolute Gasteiger partial charge is 0.251 e. The molecule has 5 heteroatoms. The second kappa shape index (κ2) is 9.01. The van der Waals surface area contributed by atoms with Gasteiger partial charge in [-0.15, -0.1) is 0 Å². The fraction of sp³-hybridized carbons (Fsp3) is 0.0800. The minimum atomic E-state index is -0.103. The number of nitrogens with zero attached hydrogens (tertiary/aromatic N) is 2. The standard InChI is InChI=1S/C25H22N4O/c1-18-7-9-20(10-8-18)23-15-24(28-17-27-23)29-22-13-11-21(12-14-22)25(30)26-16-19-5-3-2-4-6-19/h2-15,17H,16H2,1H3,(H,26,30)(H,27,28,29). The third-order valence-corrected chi connectivity index (χ3v) is 4.73. The number of amides is 1. The Morgan fingerprint density at radius 1 is 0.867 bits per heavy atom. The first-order chi connectivity index (χ1) is 14.7. The van der Waals surface area contributed by atoms with Crippen molar-refractivity contribution in [3.05, 3.63) is 108 Å². The maximum Gasteiger partial charge on any atom is 0.251 e. The SMILES string of the molecule is Cc1ccc(-c2cc(Nc3ccc(C(=O)NCc4ccccc4)cc3)ncn2)cc1. The minimum absolute atomic E-state index is 0.103. The highest BCUT2D eigenvalue weighted by Crippen LogP contribution is 2.21. The van der Waals surface area contributed by atoms with Gasteiger partial charge >= 0.3 is 0 Å². The van der Waals surface area contributed by atoms with E-state index in [4.69, 9.17) is 0 Å². The second-order valence-electron chi connectivity index (χ2n) is 7.03. The third kappa shape index (κ3) is 4.89. The number of anilines is 2. The third-order valence-electron chi connectivity index (χ3n) is 4.73. The second-order valence-corrected chi connectivity index (χ2v) is 7.03. The number of hydrogen-bond donors (Lipinski definition) is 2. The molecular weight excluding hydrogens is 372 g/mol. The number of nitrogens with one attached hydrogen (secondary N) is 2. The van der Waals surface area contributed by atoms with E-state index in [-0.39, 0.29) is 5.91 Å². The van der Waals surface area contributed by atoms with Gasteiger partial charge < -0.3 is 10.6 Å². The van der Waals surface area contributed by atoms with Crippen molar-refractivity contribution in [3.63, 3.8) is 0 Å². The summed E-state index contributed by atoms with van der Waals surface area (Å²) in [5.74, 6) is 0.593. The van der Waals surface area contributed by atoms with Gasteiger partial charge in [-0.05, 0) is 36.8 Å². The van der Waals surface area contributed by atoms with Crippen LogP contribution in [0.4, 0.5) is 11.5 Å². The molecule has 0 saturated carbocycles. The molecule has 148 valence electrons. The number of rotatable bonds is 6. The summed E-state index contributed by atoms with van der Waals surface area (Å²) in [5, 5.41) is 6.20. The van der Waals surface area contributed by atoms with E-state index in [0.29, 0.717) is 17.9 Å². The van der Waals surface area contributed by atoms with Gasteiger partial charge in [0.25, 0.3) is 5.91 Å². The van der Waals surface area contributed by atoms with Crippen LogP contribution in [0.3, 0.4) is 0 Å². The Kier molecular flexibility index (Phi) is 5.80. The largest absolute Gasteiger partial charge is 0.348 e. The quantitative estimate of drug-likeness (QED) is 0.476. The van der Waals surface area contributed by atoms with Gasteiger partial charge in [0, 0.05) is 29.4 Å². The van der Waals surface area contributed by atoms with Crippen LogP contribution >= 0.6 is 0 Å². The minimum Gasteiger partial charge on any atom is -0.348 e. The van der Waals surface area contributed by atoms with E-state index in [9.17, 15) is 4.79 Å². The van der Waals surface area contributed by atoms with Gasteiger partial charge in [0.05, 0.1) is 5.69 Å². The van der Waals surface area contributed by atoms with Crippen LogP contribution in [0.1, 0.15) is 21.5 Å². The maximum absolute atomic E-state index is 12.4. The summed E-state index contributed by atoms with van der Waals surface area (Å²) in [6.07, 6.45) is 1.54. The van der Waals surface area contributed by atoms with Gasteiger partial charge in [-0.1, -0.05) is 60.2 Å². The summed E-state index contributed by atoms with van der Waals surface area (Å²) in [4.78, 5) is 21.0. The van der Waals surface area contributed by atoms with E-state index in [1.165, 1.54) is 5.56 Å². The van der Waals surface area contributed by atoms with Crippen molar-refractivity contribution in [3.8, 4) is 11.3 Å². The number of hydrogen-bond acceptors (Lipinski definition) is 4. The van der Waals surface area contributed by atoms with Crippen molar-refractivity contribution in [2.24, 2.45) is 0 Å². The fourth-order valence-electron chi connectivity index (χ4n) is 3.04. The predicted molar refractivity (Wildman–Crippen MR) is 120 cm³/mol. The molecule has 1 aromatic heterocycles. The summed E-state index contributed by atoms with van der Waals surface area (Å²) in [6, 6.07) is 27.3. The summed E-state index contributed by atoms with van der Waals surface area (Å²) >= 11 is 0. The zero-order valence-corrected chi connectivity index (χ0v) is 16.7. The van der Waals surface area contributed by atoms with Crippen LogP contribution < -0.4 is 10.6 Å². The van der Waals surface area contributed by atoms with Crippen LogP contribution in [0.2, 0.25) is 0 Å². The van der Waals surface area contributed by atoms with Crippen molar-refractivity contribution in [1.82, 2.24) is 15.3 Å². The Balaban J connectivity index is 1.40. The predicted octanol–water partition coefficient (Wildman–Crippen LogP) is 5.13. The van der Waals surface area contributed by atoms with Crippen molar-refractivity contribution in [2.75, 3.05) is 5.32 Å². The lowest BCUT2D eigenvalue weighted by Crippen LogP contribution is -2.22. The molecule has 0 fully saturated rings. The van der Waals surface area contributed by atoms with Gasteiger partial charge in [0.2, 0.25) is 0 Å². The lowest BCUT2D eigenvalue weighted by atomic mass is 10.1. The van der Waals surface area contributed by atoms with Gasteiger partial charge in [0.1, 0.15) is 12.1 Å². The molecule has 2 N–H and O–H groups in total. The Bertz CT molecular complexity index is 1120. The van der Waals surface area contributed by atoms with E-state index in [2.05, 4.69) is 39.7 Å². The molecule has 0 atom stereocenters. The zero-order valence-electron chi connectivity index (χ0n) is 16.7. The fourth-order valence-corrected chi connectivity index (χ4v) is 3.04. The lowest BCUT2D eigenvalue weighted by Gasteiger charge is -2.09. The normalized spacial score (nSPS) is 10.4. The van der Waals surface area contributed by atoms with Crippen molar-refractivity contribution < 1.29 is 4.79 Å². The molecule has 4 aromatic rings. The van der Waals surface area contributed by atoms with Crippen molar-refractivity contribution >= 4 is 17.4 Å². The highest BCUT2D eigenvalue weighted by atomic mass is 16.1. The number of carbonyl (C=O) groups is 1. The van der Waals surface area contributed by atoms with Gasteiger partial charge in [-0.2, -0.15) is 0 Å². The van der Waals surface area contributed by atoms with Gasteiger partial charge in [-0.25, -0.2) is 9.97 Å². The average molecular weight is 394 g/mol. The Morgan fingerprint density at radius 2 is 1.60 bits per heavy atom. The molecule has 0 aliphatic rings. The molecule has 0 aliphatic heterocycles. The maximum atomic E-state index is 12.4. The molecule has 3 aromatic carbocycles. The topological polar surface area (TPSA) is 66.9 Å². The number of aromatic nitrogens is 2. The average Bonchev–Trinajstić information content (AvgIpc) is 2.79. The highest BCUT2D eigenvalue weighted by Gasteiger charge is 2.06. The van der Waals surface area contributed by atoms with E-state index in [1.807, 2.05) is 60.7 Å². The first-order valence-electron chi connectivity index (χ1n) is 9.76. The van der Waals surface area contributed by atoms with E-state index < -0.39 is 0 Å². The van der Waals surface area contributed by atoms with Crippen molar-refractivity contribution in [2.45, 2.75) is 13.5 Å². The van der Waals surface area contributed by atoms with Gasteiger partial charge in [-0.3, -0.25) is 4.79 Å². The van der Waals surface area contributed by atoms with E-state index >= 15 is 0 Å². The molecule has 0 bridgehead atoms. The molecule has 0 unspecified atom stereocenters. The molecule has 0 radical (unpaired) electrons. The zero-order chi connectivity index (χ0) is 20.8. The van der Waals surface area contributed by atoms with Crippen LogP contribution in [0, 0.1) is 6.92 Å². The Hall–Kier alpha value is -3.99. The first kappa shape index (κ1) is 19.3. The summed E-state index contributed by atoms with van der Waals surface area (Å²) in [5.41, 5.74) is 5.62. The summed E-state index contributed by atoms with van der Waals surface area (Å²) in [6.45, 7) is 2.56. The number of carbonyl (C=O) groups excluding carboxylic acids is 1. The molecule has 30 heavy (non-hydrogen) atoms. The highest BCUT2D eigenvalue weighted by molar-refractivity contribution is 5.94. The molecule has 5 nitrogen and oxygen atoms in total. The molecule has 0 saturated heterocycles. The number of benzene rings is 3. The van der Waals surface area contributed by atoms with E-state index in [0.717, 1.165) is 22.5 Å². The lowest BCUT2D eigenvalue weighted by molar-refractivity contribution is 0.0951.